The van der Waals surface area contributed by atoms with Gasteiger partial charge in [-0.15, -0.1) is 0 Å². The summed E-state index contributed by atoms with van der Waals surface area (Å²) in [7, 11) is 0. The molecule has 2 saturated carbocycles. The van der Waals surface area contributed by atoms with E-state index in [0.717, 1.165) is 62.5 Å². The molecule has 184 valence electrons. The summed E-state index contributed by atoms with van der Waals surface area (Å²) in [5.74, 6) is 0.0570. The first-order chi connectivity index (χ1) is 16.5. The number of hydrogen-bond donors (Lipinski definition) is 2. The third kappa shape index (κ3) is 6.80. The summed E-state index contributed by atoms with van der Waals surface area (Å²) >= 11 is 0. The van der Waals surface area contributed by atoms with Gasteiger partial charge >= 0.3 is 0 Å². The molecule has 2 fully saturated rings. The molecule has 2 aromatic rings. The summed E-state index contributed by atoms with van der Waals surface area (Å²) in [5, 5.41) is 19.9. The minimum Gasteiger partial charge on any atom is -0.508 e. The van der Waals surface area contributed by atoms with Gasteiger partial charge < -0.3 is 15.1 Å². The molecule has 0 spiro atoms. The molecule has 0 heterocycles. The minimum atomic E-state index is -0.268. The van der Waals surface area contributed by atoms with Gasteiger partial charge in [0.05, 0.1) is 12.6 Å². The zero-order valence-corrected chi connectivity index (χ0v) is 19.9. The van der Waals surface area contributed by atoms with E-state index >= 15 is 0 Å². The van der Waals surface area contributed by atoms with Crippen LogP contribution in [0.1, 0.15) is 68.9 Å². The molecule has 2 aliphatic rings. The predicted octanol–water partition coefficient (Wildman–Crippen LogP) is 5.00. The van der Waals surface area contributed by atoms with Crippen molar-refractivity contribution in [3.05, 3.63) is 65.5 Å². The van der Waals surface area contributed by atoms with Gasteiger partial charge in [0, 0.05) is 25.2 Å². The molecule has 2 aromatic carbocycles. The molecule has 0 aliphatic heterocycles. The molecule has 0 atom stereocenters. The Hall–Kier alpha value is -2.44. The number of phenolic OH excluding ortho intramolecular Hbond substituents is 1. The van der Waals surface area contributed by atoms with Gasteiger partial charge in [0.2, 0.25) is 5.91 Å². The van der Waals surface area contributed by atoms with Crippen LogP contribution in [-0.4, -0.2) is 50.7 Å². The maximum Gasteiger partial charge on any atom is 0.237 e. The van der Waals surface area contributed by atoms with E-state index in [1.807, 2.05) is 17.0 Å². The normalized spacial score (nSPS) is 21.5. The molecule has 34 heavy (non-hydrogen) atoms. The van der Waals surface area contributed by atoms with E-state index in [4.69, 9.17) is 0 Å². The SMILES string of the molecule is O=C(CN(Cc1cccc(O)c1)C1CCC(O)CC1)N(Cc1ccc(F)cc1)C1CCCCC1. The molecule has 6 heteroatoms. The highest BCUT2D eigenvalue weighted by Gasteiger charge is 2.31. The fourth-order valence-electron chi connectivity index (χ4n) is 5.49. The first kappa shape index (κ1) is 24.7. The van der Waals surface area contributed by atoms with E-state index in [0.29, 0.717) is 19.6 Å². The van der Waals surface area contributed by atoms with Crippen molar-refractivity contribution < 1.29 is 19.4 Å². The number of amides is 1. The van der Waals surface area contributed by atoms with E-state index in [-0.39, 0.29) is 35.7 Å². The maximum absolute atomic E-state index is 13.8. The van der Waals surface area contributed by atoms with Crippen molar-refractivity contribution in [2.45, 2.75) is 89.1 Å². The van der Waals surface area contributed by atoms with E-state index < -0.39 is 0 Å². The number of halogens is 1. The summed E-state index contributed by atoms with van der Waals surface area (Å²) in [5.41, 5.74) is 1.92. The Balaban J connectivity index is 1.53. The smallest absolute Gasteiger partial charge is 0.237 e. The van der Waals surface area contributed by atoms with Crippen molar-refractivity contribution >= 4 is 5.91 Å². The average Bonchev–Trinajstić information content (AvgIpc) is 2.84. The largest absolute Gasteiger partial charge is 0.508 e. The van der Waals surface area contributed by atoms with Gasteiger partial charge in [0.15, 0.2) is 0 Å². The number of aromatic hydroxyl groups is 1. The number of nitrogens with zero attached hydrogens (tertiary/aromatic N) is 2. The van der Waals surface area contributed by atoms with Gasteiger partial charge in [-0.25, -0.2) is 4.39 Å². The van der Waals surface area contributed by atoms with E-state index in [2.05, 4.69) is 4.90 Å². The van der Waals surface area contributed by atoms with Crippen molar-refractivity contribution in [3.8, 4) is 5.75 Å². The standard InChI is InChI=1S/C28H37FN2O3/c29-23-11-9-21(10-12-23)19-31(25-6-2-1-3-7-25)28(34)20-30(24-13-15-26(32)16-14-24)18-22-5-4-8-27(33)17-22/h4-5,8-12,17,24-26,32-33H,1-3,6-7,13-16,18-20H2. The minimum absolute atomic E-state index is 0.0995. The zero-order valence-electron chi connectivity index (χ0n) is 19.9. The molecule has 1 amide bonds. The number of phenols is 1. The number of carbonyl (C=O) groups excluding carboxylic acids is 1. The summed E-state index contributed by atoms with van der Waals surface area (Å²) in [6, 6.07) is 14.1. The third-order valence-corrected chi connectivity index (χ3v) is 7.42. The molecule has 0 aromatic heterocycles. The third-order valence-electron chi connectivity index (χ3n) is 7.42. The van der Waals surface area contributed by atoms with Crippen LogP contribution >= 0.6 is 0 Å². The lowest BCUT2D eigenvalue weighted by Crippen LogP contribution is -2.49. The summed E-state index contributed by atoms with van der Waals surface area (Å²) < 4.78 is 13.5. The second-order valence-electron chi connectivity index (χ2n) is 9.98. The molecule has 0 saturated heterocycles. The highest BCUT2D eigenvalue weighted by molar-refractivity contribution is 5.78. The summed E-state index contributed by atoms with van der Waals surface area (Å²) in [6.07, 6.45) is 8.44. The second kappa shape index (κ2) is 11.8. The Morgan fingerprint density at radius 1 is 0.853 bits per heavy atom. The van der Waals surface area contributed by atoms with Crippen LogP contribution in [0.2, 0.25) is 0 Å². The number of aliphatic hydroxyl groups is 1. The maximum atomic E-state index is 13.8. The van der Waals surface area contributed by atoms with Crippen LogP contribution in [0.3, 0.4) is 0 Å². The lowest BCUT2D eigenvalue weighted by Gasteiger charge is -2.39. The molecule has 0 unspecified atom stereocenters. The second-order valence-corrected chi connectivity index (χ2v) is 9.98. The van der Waals surface area contributed by atoms with Crippen molar-refractivity contribution in [2.24, 2.45) is 0 Å². The molecule has 2 aliphatic carbocycles. The summed E-state index contributed by atoms with van der Waals surface area (Å²) in [4.78, 5) is 18.0. The van der Waals surface area contributed by atoms with E-state index in [1.165, 1.54) is 18.6 Å². The molecule has 2 N–H and O–H groups in total. The van der Waals surface area contributed by atoms with Crippen molar-refractivity contribution in [1.29, 1.82) is 0 Å². The Morgan fingerprint density at radius 2 is 1.56 bits per heavy atom. The first-order valence-electron chi connectivity index (χ1n) is 12.7. The van der Waals surface area contributed by atoms with Crippen LogP contribution in [0.15, 0.2) is 48.5 Å². The van der Waals surface area contributed by atoms with Crippen LogP contribution in [0.25, 0.3) is 0 Å². The van der Waals surface area contributed by atoms with Crippen molar-refractivity contribution in [2.75, 3.05) is 6.54 Å². The van der Waals surface area contributed by atoms with Crippen LogP contribution in [0, 0.1) is 5.82 Å². The number of rotatable bonds is 8. The number of hydrogen-bond acceptors (Lipinski definition) is 4. The van der Waals surface area contributed by atoms with Gasteiger partial charge in [0.1, 0.15) is 11.6 Å². The number of carbonyl (C=O) groups is 1. The quantitative estimate of drug-likeness (QED) is 0.572. The molecule has 0 bridgehead atoms. The highest BCUT2D eigenvalue weighted by Crippen LogP contribution is 2.28. The van der Waals surface area contributed by atoms with E-state index in [1.54, 1.807) is 24.3 Å². The monoisotopic (exact) mass is 468 g/mol. The Bertz CT molecular complexity index is 922. The number of aliphatic hydroxyl groups excluding tert-OH is 1. The van der Waals surface area contributed by atoms with Crippen LogP contribution in [-0.2, 0) is 17.9 Å². The first-order valence-corrected chi connectivity index (χ1v) is 12.7. The van der Waals surface area contributed by atoms with Gasteiger partial charge in [-0.05, 0) is 73.9 Å². The lowest BCUT2D eigenvalue weighted by molar-refractivity contribution is -0.137. The average molecular weight is 469 g/mol. The lowest BCUT2D eigenvalue weighted by atomic mass is 9.91. The van der Waals surface area contributed by atoms with Gasteiger partial charge in [0.25, 0.3) is 0 Å². The molecular formula is C28H37FN2O3. The zero-order chi connectivity index (χ0) is 23.9. The Kier molecular flexibility index (Phi) is 8.57. The fraction of sp³-hybridized carbons (Fsp3) is 0.536. The Morgan fingerprint density at radius 3 is 2.24 bits per heavy atom. The molecule has 5 nitrogen and oxygen atoms in total. The van der Waals surface area contributed by atoms with Gasteiger partial charge in [-0.2, -0.15) is 0 Å². The van der Waals surface area contributed by atoms with Gasteiger partial charge in [-0.1, -0.05) is 43.5 Å². The highest BCUT2D eigenvalue weighted by atomic mass is 19.1. The Labute approximate surface area is 202 Å². The number of benzene rings is 2. The molecular weight excluding hydrogens is 431 g/mol. The van der Waals surface area contributed by atoms with Crippen molar-refractivity contribution in [1.82, 2.24) is 9.80 Å². The predicted molar refractivity (Wildman–Crippen MR) is 131 cm³/mol. The van der Waals surface area contributed by atoms with Gasteiger partial charge in [-0.3, -0.25) is 9.69 Å². The fourth-order valence-corrected chi connectivity index (χ4v) is 5.49. The topological polar surface area (TPSA) is 64.0 Å². The van der Waals surface area contributed by atoms with Crippen LogP contribution in [0.4, 0.5) is 4.39 Å². The summed E-state index contributed by atoms with van der Waals surface area (Å²) in [6.45, 7) is 1.37. The van der Waals surface area contributed by atoms with E-state index in [9.17, 15) is 19.4 Å². The molecule has 0 radical (unpaired) electrons. The van der Waals surface area contributed by atoms with Crippen LogP contribution < -0.4 is 0 Å². The van der Waals surface area contributed by atoms with Crippen molar-refractivity contribution in [3.63, 3.8) is 0 Å². The molecule has 4 rings (SSSR count). The van der Waals surface area contributed by atoms with Crippen LogP contribution in [0.5, 0.6) is 5.75 Å².